The van der Waals surface area contributed by atoms with E-state index >= 15 is 0 Å². The van der Waals surface area contributed by atoms with Crippen LogP contribution in [0.4, 0.5) is 0 Å². The topological polar surface area (TPSA) is 126 Å². The summed E-state index contributed by atoms with van der Waals surface area (Å²) in [6.45, 7) is 5.61. The van der Waals surface area contributed by atoms with Gasteiger partial charge >= 0.3 is 11.9 Å². The van der Waals surface area contributed by atoms with Crippen molar-refractivity contribution < 1.29 is 33.0 Å². The maximum Gasteiger partial charge on any atom is 0.414 e. The number of hydrogen-bond acceptors (Lipinski definition) is 6. The first-order valence-corrected chi connectivity index (χ1v) is 16.7. The first-order chi connectivity index (χ1) is 21.4. The number of para-hydroxylation sites is 1. The highest BCUT2D eigenvalue weighted by Gasteiger charge is 2.29. The Balaban J connectivity index is 0.000000700. The number of carboxylic acid groups (broad SMARTS) is 2. The number of hydrogen-bond donors (Lipinski definition) is 2. The van der Waals surface area contributed by atoms with E-state index in [-0.39, 0.29) is 5.92 Å². The van der Waals surface area contributed by atoms with Gasteiger partial charge in [0.25, 0.3) is 0 Å². The smallest absolute Gasteiger partial charge is 0.414 e. The van der Waals surface area contributed by atoms with Gasteiger partial charge in [-0.2, -0.15) is 0 Å². The zero-order valence-corrected chi connectivity index (χ0v) is 27.1. The Kier molecular flexibility index (Phi) is 11.1. The van der Waals surface area contributed by atoms with Gasteiger partial charge in [-0.1, -0.05) is 62.7 Å². The number of carbonyl (C=O) groups is 2. The molecule has 3 aromatic carbocycles. The van der Waals surface area contributed by atoms with Crippen molar-refractivity contribution in [3.63, 3.8) is 0 Å². The second kappa shape index (κ2) is 14.8. The van der Waals surface area contributed by atoms with Gasteiger partial charge in [0.15, 0.2) is 0 Å². The molecule has 1 aromatic heterocycles. The molecule has 2 N–H and O–H groups in total. The van der Waals surface area contributed by atoms with E-state index in [1.54, 1.807) is 24.3 Å². The molecule has 5 rings (SSSR count). The molecule has 0 aliphatic heterocycles. The Morgan fingerprint density at radius 3 is 2.27 bits per heavy atom. The monoisotopic (exact) mass is 634 g/mol. The molecule has 0 bridgehead atoms. The third-order valence-corrected chi connectivity index (χ3v) is 10.1. The van der Waals surface area contributed by atoms with Gasteiger partial charge in [0, 0.05) is 36.2 Å². The number of ether oxygens (including phenoxy) is 1. The number of rotatable bonds is 9. The first kappa shape index (κ1) is 33.7. The van der Waals surface area contributed by atoms with E-state index in [0.29, 0.717) is 28.2 Å². The van der Waals surface area contributed by atoms with E-state index in [0.717, 1.165) is 29.6 Å². The third kappa shape index (κ3) is 7.75. The van der Waals surface area contributed by atoms with E-state index < -0.39 is 21.8 Å². The summed E-state index contributed by atoms with van der Waals surface area (Å²) in [5.41, 5.74) is 4.72. The standard InChI is InChI=1S/C33H40N2O3S.C2H2O4/c1-24(2)32-33(29-15-8-10-17-31(29)35(32)4)39(36,37)27-20-18-26(19-21-27)38-23-11-22-34(3)30-16-9-6-13-25-12-5-7-14-28(25)30;3-1(4)2(5)6/h5,7-8,10,12,14-15,17-21,24,30H,6,9,11,13,16,22-23H2,1-4H3;(H,3,4)(H,5,6). The minimum atomic E-state index is -3.70. The molecule has 0 radical (unpaired) electrons. The molecule has 0 fully saturated rings. The van der Waals surface area contributed by atoms with Crippen LogP contribution in [0.15, 0.2) is 82.6 Å². The number of aliphatic carboxylic acids is 2. The lowest BCUT2D eigenvalue weighted by Crippen LogP contribution is -2.27. The van der Waals surface area contributed by atoms with Crippen molar-refractivity contribution in [2.75, 3.05) is 20.2 Å². The van der Waals surface area contributed by atoms with Crippen LogP contribution in [-0.4, -0.2) is 60.2 Å². The van der Waals surface area contributed by atoms with Crippen LogP contribution < -0.4 is 4.74 Å². The number of fused-ring (bicyclic) bond motifs is 2. The first-order valence-electron chi connectivity index (χ1n) is 15.2. The van der Waals surface area contributed by atoms with Crippen LogP contribution in [0.1, 0.15) is 68.3 Å². The highest BCUT2D eigenvalue weighted by atomic mass is 32.2. The van der Waals surface area contributed by atoms with Gasteiger partial charge < -0.3 is 19.5 Å². The summed E-state index contributed by atoms with van der Waals surface area (Å²) < 4.78 is 35.7. The third-order valence-electron chi connectivity index (χ3n) is 8.28. The lowest BCUT2D eigenvalue weighted by molar-refractivity contribution is -0.159. The second-order valence-corrected chi connectivity index (χ2v) is 13.6. The minimum Gasteiger partial charge on any atom is -0.494 e. The van der Waals surface area contributed by atoms with Gasteiger partial charge in [0.2, 0.25) is 9.84 Å². The molecule has 45 heavy (non-hydrogen) atoms. The minimum absolute atomic E-state index is 0.0689. The van der Waals surface area contributed by atoms with Crippen LogP contribution in [0.3, 0.4) is 0 Å². The summed E-state index contributed by atoms with van der Waals surface area (Å²) in [6, 6.07) is 23.9. The Hall–Kier alpha value is -4.15. The van der Waals surface area contributed by atoms with Gasteiger partial charge in [-0.05, 0) is 80.1 Å². The van der Waals surface area contributed by atoms with E-state index in [2.05, 4.69) is 36.2 Å². The van der Waals surface area contributed by atoms with Gasteiger partial charge in [0.1, 0.15) is 10.6 Å². The van der Waals surface area contributed by atoms with Crippen molar-refractivity contribution in [1.82, 2.24) is 9.47 Å². The number of sulfone groups is 1. The van der Waals surface area contributed by atoms with E-state index in [9.17, 15) is 8.42 Å². The zero-order valence-electron chi connectivity index (χ0n) is 26.3. The van der Waals surface area contributed by atoms with Gasteiger partial charge in [0.05, 0.1) is 11.5 Å². The normalized spacial score (nSPS) is 14.8. The number of carboxylic acids is 2. The van der Waals surface area contributed by atoms with Gasteiger partial charge in [-0.15, -0.1) is 0 Å². The molecule has 9 nitrogen and oxygen atoms in total. The van der Waals surface area contributed by atoms with E-state index in [1.807, 2.05) is 49.7 Å². The molecule has 240 valence electrons. The molecule has 4 aromatic rings. The number of benzene rings is 3. The molecule has 1 aliphatic carbocycles. The number of nitrogens with zero attached hydrogens (tertiary/aromatic N) is 2. The Morgan fingerprint density at radius 2 is 1.60 bits per heavy atom. The SMILES string of the molecule is CC(C)c1c(S(=O)(=O)c2ccc(OCCCN(C)C3CCCCc4ccccc43)cc2)c2ccccc2n1C.O=C(O)C(=O)O. The quantitative estimate of drug-likeness (QED) is 0.122. The zero-order chi connectivity index (χ0) is 32.7. The molecular weight excluding hydrogens is 592 g/mol. The molecule has 0 saturated carbocycles. The maximum atomic E-state index is 13.8. The van der Waals surface area contributed by atoms with Crippen LogP contribution in [0, 0.1) is 0 Å². The molecule has 1 aliphatic rings. The highest BCUT2D eigenvalue weighted by Crippen LogP contribution is 2.37. The molecule has 0 amide bonds. The van der Waals surface area contributed by atoms with Crippen molar-refractivity contribution in [2.24, 2.45) is 7.05 Å². The fourth-order valence-electron chi connectivity index (χ4n) is 6.16. The molecule has 1 atom stereocenters. The largest absolute Gasteiger partial charge is 0.494 e. The number of aromatic nitrogens is 1. The Bertz CT molecular complexity index is 1730. The molecule has 1 heterocycles. The average molecular weight is 635 g/mol. The summed E-state index contributed by atoms with van der Waals surface area (Å²) in [4.78, 5) is 21.4. The summed E-state index contributed by atoms with van der Waals surface area (Å²) in [5, 5.41) is 15.6. The maximum absolute atomic E-state index is 13.8. The summed E-state index contributed by atoms with van der Waals surface area (Å²) in [6.07, 6.45) is 5.79. The van der Waals surface area contributed by atoms with Crippen molar-refractivity contribution >= 4 is 32.7 Å². The average Bonchev–Trinajstić information content (AvgIpc) is 3.17. The predicted octanol–water partition coefficient (Wildman–Crippen LogP) is 6.46. The van der Waals surface area contributed by atoms with E-state index in [1.165, 1.54) is 36.8 Å². The van der Waals surface area contributed by atoms with Crippen LogP contribution >= 0.6 is 0 Å². The van der Waals surface area contributed by atoms with E-state index in [4.69, 9.17) is 24.5 Å². The lowest BCUT2D eigenvalue weighted by atomic mass is 9.98. The molecule has 0 saturated heterocycles. The summed E-state index contributed by atoms with van der Waals surface area (Å²) in [5.74, 6) is -2.89. The van der Waals surface area contributed by atoms with Crippen molar-refractivity contribution in [1.29, 1.82) is 0 Å². The Morgan fingerprint density at radius 1 is 0.956 bits per heavy atom. The summed E-state index contributed by atoms with van der Waals surface area (Å²) in [7, 11) is 0.461. The Labute approximate surface area is 265 Å². The fourth-order valence-corrected chi connectivity index (χ4v) is 8.00. The van der Waals surface area contributed by atoms with Crippen LogP contribution in [0.5, 0.6) is 5.75 Å². The van der Waals surface area contributed by atoms with Crippen LogP contribution in [-0.2, 0) is 32.9 Å². The molecule has 1 unspecified atom stereocenters. The molecule has 10 heteroatoms. The van der Waals surface area contributed by atoms with Crippen LogP contribution in [0.2, 0.25) is 0 Å². The van der Waals surface area contributed by atoms with Crippen LogP contribution in [0.25, 0.3) is 10.9 Å². The van der Waals surface area contributed by atoms with Gasteiger partial charge in [-0.25, -0.2) is 18.0 Å². The van der Waals surface area contributed by atoms with Crippen molar-refractivity contribution in [2.45, 2.75) is 67.7 Å². The highest BCUT2D eigenvalue weighted by molar-refractivity contribution is 7.91. The lowest BCUT2D eigenvalue weighted by Gasteiger charge is -2.28. The predicted molar refractivity (Wildman–Crippen MR) is 174 cm³/mol. The fraction of sp³-hybridized carbons (Fsp3) is 0.371. The molecule has 0 spiro atoms. The molecular formula is C35H42N2O7S. The van der Waals surface area contributed by atoms with Crippen molar-refractivity contribution in [3.05, 3.63) is 89.6 Å². The number of aryl methyl sites for hydroxylation is 2. The summed E-state index contributed by atoms with van der Waals surface area (Å²) >= 11 is 0. The van der Waals surface area contributed by atoms with Gasteiger partial charge in [-0.3, -0.25) is 4.90 Å². The second-order valence-electron chi connectivity index (χ2n) is 11.7. The van der Waals surface area contributed by atoms with Crippen molar-refractivity contribution in [3.8, 4) is 5.75 Å².